The van der Waals surface area contributed by atoms with Gasteiger partial charge in [0.15, 0.2) is 0 Å². The summed E-state index contributed by atoms with van der Waals surface area (Å²) < 4.78 is 0. The zero-order chi connectivity index (χ0) is 20.9. The number of carbonyl (C=O) groups excluding carboxylic acids is 2. The number of nitrogens with one attached hydrogen (secondary N) is 1. The molecule has 2 amide bonds. The zero-order valence-corrected chi connectivity index (χ0v) is 16.9. The SMILES string of the molecule is N#Cc1ccc(NC(=O)[C@H]2CSCN2C(=O)c2ccc(-c3ccccc3)cc2)cc1. The van der Waals surface area contributed by atoms with Crippen molar-refractivity contribution in [2.45, 2.75) is 6.04 Å². The zero-order valence-electron chi connectivity index (χ0n) is 16.1. The number of nitriles is 1. The number of carbonyl (C=O) groups is 2. The van der Waals surface area contributed by atoms with Crippen LogP contribution in [0.1, 0.15) is 15.9 Å². The van der Waals surface area contributed by atoms with Gasteiger partial charge in [0.05, 0.1) is 17.5 Å². The Morgan fingerprint density at radius 2 is 1.60 bits per heavy atom. The van der Waals surface area contributed by atoms with Crippen molar-refractivity contribution in [1.82, 2.24) is 4.90 Å². The van der Waals surface area contributed by atoms with Crippen molar-refractivity contribution in [3.63, 3.8) is 0 Å². The van der Waals surface area contributed by atoms with Crippen molar-refractivity contribution >= 4 is 29.3 Å². The van der Waals surface area contributed by atoms with Crippen LogP contribution >= 0.6 is 11.8 Å². The van der Waals surface area contributed by atoms with E-state index in [-0.39, 0.29) is 11.8 Å². The van der Waals surface area contributed by atoms with Crippen molar-refractivity contribution in [1.29, 1.82) is 5.26 Å². The number of rotatable bonds is 4. The fourth-order valence-electron chi connectivity index (χ4n) is 3.32. The van der Waals surface area contributed by atoms with E-state index in [1.165, 1.54) is 0 Å². The first kappa shape index (κ1) is 19.7. The highest BCUT2D eigenvalue weighted by atomic mass is 32.2. The molecule has 148 valence electrons. The van der Waals surface area contributed by atoms with Crippen LogP contribution in [0, 0.1) is 11.3 Å². The predicted octanol–water partition coefficient (Wildman–Crippen LogP) is 4.38. The molecule has 0 saturated carbocycles. The van der Waals surface area contributed by atoms with Crippen LogP contribution in [-0.2, 0) is 4.79 Å². The van der Waals surface area contributed by atoms with E-state index < -0.39 is 6.04 Å². The van der Waals surface area contributed by atoms with Crippen LogP contribution < -0.4 is 5.32 Å². The van der Waals surface area contributed by atoms with Crippen LogP contribution in [0.25, 0.3) is 11.1 Å². The van der Waals surface area contributed by atoms with Gasteiger partial charge in [-0.3, -0.25) is 9.59 Å². The summed E-state index contributed by atoms with van der Waals surface area (Å²) in [5.74, 6) is 0.652. The Hall–Kier alpha value is -3.56. The molecule has 0 radical (unpaired) electrons. The second-order valence-electron chi connectivity index (χ2n) is 6.91. The van der Waals surface area contributed by atoms with Crippen molar-refractivity contribution in [2.24, 2.45) is 0 Å². The van der Waals surface area contributed by atoms with Gasteiger partial charge < -0.3 is 10.2 Å². The molecule has 0 spiro atoms. The number of benzene rings is 3. The summed E-state index contributed by atoms with van der Waals surface area (Å²) in [5.41, 5.74) is 3.83. The van der Waals surface area contributed by atoms with E-state index in [4.69, 9.17) is 5.26 Å². The molecular formula is C24H19N3O2S. The van der Waals surface area contributed by atoms with E-state index in [2.05, 4.69) is 5.32 Å². The topological polar surface area (TPSA) is 73.2 Å². The molecule has 0 unspecified atom stereocenters. The molecule has 1 atom stereocenters. The molecule has 1 N–H and O–H groups in total. The lowest BCUT2D eigenvalue weighted by molar-refractivity contribution is -0.119. The lowest BCUT2D eigenvalue weighted by Crippen LogP contribution is -2.44. The molecule has 4 rings (SSSR count). The molecule has 1 heterocycles. The predicted molar refractivity (Wildman–Crippen MR) is 119 cm³/mol. The molecule has 3 aromatic carbocycles. The van der Waals surface area contributed by atoms with Crippen molar-refractivity contribution < 1.29 is 9.59 Å². The molecule has 30 heavy (non-hydrogen) atoms. The minimum absolute atomic E-state index is 0.153. The first-order valence-corrected chi connectivity index (χ1v) is 10.7. The second-order valence-corrected chi connectivity index (χ2v) is 7.91. The highest BCUT2D eigenvalue weighted by Gasteiger charge is 2.35. The van der Waals surface area contributed by atoms with E-state index >= 15 is 0 Å². The van der Waals surface area contributed by atoms with Gasteiger partial charge in [-0.05, 0) is 47.5 Å². The van der Waals surface area contributed by atoms with Gasteiger partial charge >= 0.3 is 0 Å². The van der Waals surface area contributed by atoms with Crippen molar-refractivity contribution in [3.05, 3.63) is 90.0 Å². The molecule has 3 aromatic rings. The Morgan fingerprint density at radius 3 is 2.27 bits per heavy atom. The Labute approximate surface area is 179 Å². The maximum Gasteiger partial charge on any atom is 0.255 e. The van der Waals surface area contributed by atoms with E-state index in [0.717, 1.165) is 11.1 Å². The largest absolute Gasteiger partial charge is 0.324 e. The minimum Gasteiger partial charge on any atom is -0.324 e. The summed E-state index contributed by atoms with van der Waals surface area (Å²) in [6.07, 6.45) is 0. The first-order chi connectivity index (χ1) is 14.7. The molecule has 6 heteroatoms. The normalized spacial score (nSPS) is 15.4. The van der Waals surface area contributed by atoms with Crippen LogP contribution in [0.3, 0.4) is 0 Å². The third-order valence-electron chi connectivity index (χ3n) is 4.97. The standard InChI is InChI=1S/C24H19N3O2S/c25-14-17-6-12-21(13-7-17)26-23(28)22-15-30-16-27(22)24(29)20-10-8-19(9-11-20)18-4-2-1-3-5-18/h1-13,22H,15-16H2,(H,26,28)/t22-/m1/s1. The van der Waals surface area contributed by atoms with E-state index in [1.54, 1.807) is 40.9 Å². The minimum atomic E-state index is -0.535. The molecule has 0 aliphatic carbocycles. The monoisotopic (exact) mass is 413 g/mol. The lowest BCUT2D eigenvalue weighted by Gasteiger charge is -2.23. The second kappa shape index (κ2) is 8.85. The summed E-state index contributed by atoms with van der Waals surface area (Å²) in [6.45, 7) is 0. The first-order valence-electron chi connectivity index (χ1n) is 9.51. The van der Waals surface area contributed by atoms with Gasteiger partial charge in [0.1, 0.15) is 6.04 Å². The van der Waals surface area contributed by atoms with Crippen LogP contribution in [-0.4, -0.2) is 34.4 Å². The van der Waals surface area contributed by atoms with Gasteiger partial charge in [0, 0.05) is 17.0 Å². The van der Waals surface area contributed by atoms with Crippen LogP contribution in [0.4, 0.5) is 5.69 Å². The molecule has 0 bridgehead atoms. The average molecular weight is 414 g/mol. The number of nitrogens with zero attached hydrogens (tertiary/aromatic N) is 2. The molecule has 1 aliphatic rings. The highest BCUT2D eigenvalue weighted by molar-refractivity contribution is 7.99. The molecular weight excluding hydrogens is 394 g/mol. The third-order valence-corrected chi connectivity index (χ3v) is 5.98. The number of hydrogen-bond acceptors (Lipinski definition) is 4. The smallest absolute Gasteiger partial charge is 0.255 e. The lowest BCUT2D eigenvalue weighted by atomic mass is 10.0. The third kappa shape index (κ3) is 4.22. The number of anilines is 1. The summed E-state index contributed by atoms with van der Waals surface area (Å²) in [5, 5.41) is 11.7. The maximum atomic E-state index is 13.0. The fourth-order valence-corrected chi connectivity index (χ4v) is 4.47. The van der Waals surface area contributed by atoms with Gasteiger partial charge in [-0.25, -0.2) is 0 Å². The Morgan fingerprint density at radius 1 is 0.933 bits per heavy atom. The van der Waals surface area contributed by atoms with Gasteiger partial charge in [0.25, 0.3) is 5.91 Å². The van der Waals surface area contributed by atoms with Crippen molar-refractivity contribution in [3.8, 4) is 17.2 Å². The Balaban J connectivity index is 1.46. The summed E-state index contributed by atoms with van der Waals surface area (Å²) in [4.78, 5) is 27.4. The number of thioether (sulfide) groups is 1. The Kier molecular flexibility index (Phi) is 5.82. The molecule has 1 saturated heterocycles. The average Bonchev–Trinajstić information content (AvgIpc) is 3.30. The van der Waals surface area contributed by atoms with Crippen molar-refractivity contribution in [2.75, 3.05) is 16.9 Å². The van der Waals surface area contributed by atoms with E-state index in [1.807, 2.05) is 60.7 Å². The molecule has 5 nitrogen and oxygen atoms in total. The van der Waals surface area contributed by atoms with Gasteiger partial charge in [-0.2, -0.15) is 5.26 Å². The molecule has 1 aliphatic heterocycles. The molecule has 1 fully saturated rings. The fraction of sp³-hybridized carbons (Fsp3) is 0.125. The quantitative estimate of drug-likeness (QED) is 0.689. The van der Waals surface area contributed by atoms with Gasteiger partial charge in [0.2, 0.25) is 5.91 Å². The number of amides is 2. The summed E-state index contributed by atoms with van der Waals surface area (Å²) >= 11 is 1.56. The number of hydrogen-bond donors (Lipinski definition) is 1. The Bertz CT molecular complexity index is 1090. The summed E-state index contributed by atoms with van der Waals surface area (Å²) in [6, 6.07) is 25.6. The molecule has 0 aromatic heterocycles. The maximum absolute atomic E-state index is 13.0. The van der Waals surface area contributed by atoms with E-state index in [9.17, 15) is 9.59 Å². The van der Waals surface area contributed by atoms with Crippen LogP contribution in [0.15, 0.2) is 78.9 Å². The van der Waals surface area contributed by atoms with Gasteiger partial charge in [-0.15, -0.1) is 11.8 Å². The van der Waals surface area contributed by atoms with Crippen LogP contribution in [0.2, 0.25) is 0 Å². The highest BCUT2D eigenvalue weighted by Crippen LogP contribution is 2.26. The van der Waals surface area contributed by atoms with E-state index in [0.29, 0.717) is 28.4 Å². The summed E-state index contributed by atoms with van der Waals surface area (Å²) in [7, 11) is 0. The van der Waals surface area contributed by atoms with Gasteiger partial charge in [-0.1, -0.05) is 42.5 Å². The van der Waals surface area contributed by atoms with Crippen LogP contribution in [0.5, 0.6) is 0 Å².